The molecular formula is C8H10O. The van der Waals surface area contributed by atoms with Crippen molar-refractivity contribution in [2.75, 3.05) is 0 Å². The summed E-state index contributed by atoms with van der Waals surface area (Å²) in [6.45, 7) is 0. The number of carbonyl (C=O) groups is 1. The number of allylic oxidation sites excluding steroid dienone is 2. The van der Waals surface area contributed by atoms with E-state index in [4.69, 9.17) is 0 Å². The van der Waals surface area contributed by atoms with Crippen molar-refractivity contribution < 1.29 is 4.79 Å². The predicted molar refractivity (Wildman–Crippen MR) is 34.9 cm³/mol. The summed E-state index contributed by atoms with van der Waals surface area (Å²) < 4.78 is 0. The highest BCUT2D eigenvalue weighted by atomic mass is 16.1. The highest BCUT2D eigenvalue weighted by molar-refractivity contribution is 5.51. The minimum atomic E-state index is 0.604. The summed E-state index contributed by atoms with van der Waals surface area (Å²) >= 11 is 0. The van der Waals surface area contributed by atoms with Gasteiger partial charge in [0.2, 0.25) is 0 Å². The second-order valence-corrected chi connectivity index (χ2v) is 3.01. The summed E-state index contributed by atoms with van der Waals surface area (Å²) in [5.74, 6) is 2.32. The van der Waals surface area contributed by atoms with Crippen molar-refractivity contribution in [1.82, 2.24) is 0 Å². The predicted octanol–water partition coefficient (Wildman–Crippen LogP) is 1.40. The molecule has 0 aromatic heterocycles. The van der Waals surface area contributed by atoms with Gasteiger partial charge in [-0.3, -0.25) is 0 Å². The van der Waals surface area contributed by atoms with Crippen LogP contribution in [0.5, 0.6) is 0 Å². The normalized spacial score (nSPS) is 44.7. The van der Waals surface area contributed by atoms with Crippen LogP contribution in [0.15, 0.2) is 12.2 Å². The van der Waals surface area contributed by atoms with Gasteiger partial charge in [0, 0.05) is 6.42 Å². The van der Waals surface area contributed by atoms with Gasteiger partial charge in [-0.2, -0.15) is 0 Å². The minimum Gasteiger partial charge on any atom is -0.303 e. The van der Waals surface area contributed by atoms with Crippen LogP contribution in [0.1, 0.15) is 12.8 Å². The Morgan fingerprint density at radius 1 is 1.56 bits per heavy atom. The molecule has 0 bridgehead atoms. The molecule has 1 saturated carbocycles. The van der Waals surface area contributed by atoms with Crippen LogP contribution in [0.25, 0.3) is 0 Å². The fourth-order valence-electron chi connectivity index (χ4n) is 1.74. The Morgan fingerprint density at radius 3 is 2.89 bits per heavy atom. The van der Waals surface area contributed by atoms with Crippen molar-refractivity contribution in [3.63, 3.8) is 0 Å². The molecule has 1 heteroatoms. The molecule has 1 nitrogen and oxygen atoms in total. The lowest BCUT2D eigenvalue weighted by atomic mass is 10.0. The molecular weight excluding hydrogens is 112 g/mol. The van der Waals surface area contributed by atoms with Gasteiger partial charge in [0.05, 0.1) is 0 Å². The second kappa shape index (κ2) is 1.69. The van der Waals surface area contributed by atoms with Crippen molar-refractivity contribution in [2.45, 2.75) is 12.8 Å². The molecule has 48 valence electrons. The third kappa shape index (κ3) is 0.716. The fourth-order valence-corrected chi connectivity index (χ4v) is 1.74. The molecule has 0 aromatic rings. The van der Waals surface area contributed by atoms with Gasteiger partial charge in [0.15, 0.2) is 0 Å². The number of hydrogen-bond acceptors (Lipinski definition) is 1. The highest BCUT2D eigenvalue weighted by Crippen LogP contribution is 2.51. The number of hydrogen-bond donors (Lipinski definition) is 0. The van der Waals surface area contributed by atoms with Gasteiger partial charge >= 0.3 is 0 Å². The largest absolute Gasteiger partial charge is 0.303 e. The summed E-state index contributed by atoms with van der Waals surface area (Å²) in [4.78, 5) is 10.1. The van der Waals surface area contributed by atoms with Crippen molar-refractivity contribution >= 4 is 6.29 Å². The molecule has 3 atom stereocenters. The molecule has 0 aliphatic heterocycles. The Hall–Kier alpha value is -0.590. The summed E-state index contributed by atoms with van der Waals surface area (Å²) in [5.41, 5.74) is 0. The van der Waals surface area contributed by atoms with E-state index < -0.39 is 0 Å². The van der Waals surface area contributed by atoms with Gasteiger partial charge in [-0.1, -0.05) is 12.2 Å². The van der Waals surface area contributed by atoms with Crippen LogP contribution in [-0.4, -0.2) is 6.29 Å². The van der Waals surface area contributed by atoms with Crippen LogP contribution < -0.4 is 0 Å². The first-order valence-corrected chi connectivity index (χ1v) is 3.54. The van der Waals surface area contributed by atoms with Crippen LogP contribution in [-0.2, 0) is 4.79 Å². The summed E-state index contributed by atoms with van der Waals surface area (Å²) in [6, 6.07) is 0. The van der Waals surface area contributed by atoms with Crippen LogP contribution in [0.4, 0.5) is 0 Å². The molecule has 0 radical (unpaired) electrons. The molecule has 9 heavy (non-hydrogen) atoms. The lowest BCUT2D eigenvalue weighted by Gasteiger charge is -2.00. The monoisotopic (exact) mass is 122 g/mol. The van der Waals surface area contributed by atoms with E-state index in [0.717, 1.165) is 24.5 Å². The first kappa shape index (κ1) is 5.21. The standard InChI is InChI=1S/C8H10O/c9-4-3-6-1-2-7-5-8(6)7/h1-2,4,6-8H,3,5H2. The SMILES string of the molecule is O=CCC1C=CC2CC12. The van der Waals surface area contributed by atoms with E-state index in [1.807, 2.05) is 0 Å². The van der Waals surface area contributed by atoms with Crippen molar-refractivity contribution in [3.8, 4) is 0 Å². The first-order chi connectivity index (χ1) is 4.42. The van der Waals surface area contributed by atoms with Crippen molar-refractivity contribution in [3.05, 3.63) is 12.2 Å². The minimum absolute atomic E-state index is 0.604. The molecule has 0 amide bonds. The third-order valence-electron chi connectivity index (χ3n) is 2.41. The van der Waals surface area contributed by atoms with Gasteiger partial charge in [0.1, 0.15) is 6.29 Å². The number of rotatable bonds is 2. The van der Waals surface area contributed by atoms with Crippen LogP contribution in [0, 0.1) is 17.8 Å². The Morgan fingerprint density at radius 2 is 2.44 bits per heavy atom. The zero-order valence-corrected chi connectivity index (χ0v) is 5.29. The number of aldehydes is 1. The Kier molecular flexibility index (Phi) is 0.981. The molecule has 0 saturated heterocycles. The maximum Gasteiger partial charge on any atom is 0.120 e. The lowest BCUT2D eigenvalue weighted by molar-refractivity contribution is -0.108. The maximum absolute atomic E-state index is 10.1. The zero-order chi connectivity index (χ0) is 6.27. The quantitative estimate of drug-likeness (QED) is 0.399. The molecule has 0 spiro atoms. The topological polar surface area (TPSA) is 17.1 Å². The number of carbonyl (C=O) groups excluding carboxylic acids is 1. The Balaban J connectivity index is 1.98. The summed E-state index contributed by atoms with van der Waals surface area (Å²) in [7, 11) is 0. The average Bonchev–Trinajstić information content (AvgIpc) is 2.54. The molecule has 0 N–H and O–H groups in total. The van der Waals surface area contributed by atoms with Gasteiger partial charge in [-0.15, -0.1) is 0 Å². The summed E-state index contributed by atoms with van der Waals surface area (Å²) in [5, 5.41) is 0. The molecule has 0 aromatic carbocycles. The first-order valence-electron chi connectivity index (χ1n) is 3.54. The van der Waals surface area contributed by atoms with E-state index in [0.29, 0.717) is 5.92 Å². The molecule has 3 unspecified atom stereocenters. The van der Waals surface area contributed by atoms with Gasteiger partial charge in [-0.25, -0.2) is 0 Å². The van der Waals surface area contributed by atoms with Gasteiger partial charge < -0.3 is 4.79 Å². The van der Waals surface area contributed by atoms with Crippen LogP contribution in [0.2, 0.25) is 0 Å². The van der Waals surface area contributed by atoms with Crippen LogP contribution in [0.3, 0.4) is 0 Å². The van der Waals surface area contributed by atoms with E-state index in [-0.39, 0.29) is 0 Å². The maximum atomic E-state index is 10.1. The van der Waals surface area contributed by atoms with E-state index in [9.17, 15) is 4.79 Å². The molecule has 0 heterocycles. The molecule has 1 fully saturated rings. The van der Waals surface area contributed by atoms with Crippen molar-refractivity contribution in [1.29, 1.82) is 0 Å². The van der Waals surface area contributed by atoms with E-state index in [1.165, 1.54) is 6.42 Å². The molecule has 2 rings (SSSR count). The lowest BCUT2D eigenvalue weighted by Crippen LogP contribution is -1.96. The van der Waals surface area contributed by atoms with Crippen molar-refractivity contribution in [2.24, 2.45) is 17.8 Å². The Bertz CT molecular complexity index is 160. The summed E-state index contributed by atoms with van der Waals surface area (Å²) in [6.07, 6.45) is 7.59. The smallest absolute Gasteiger partial charge is 0.120 e. The number of fused-ring (bicyclic) bond motifs is 1. The van der Waals surface area contributed by atoms with E-state index >= 15 is 0 Å². The fraction of sp³-hybridized carbons (Fsp3) is 0.625. The molecule has 2 aliphatic carbocycles. The van der Waals surface area contributed by atoms with E-state index in [1.54, 1.807) is 0 Å². The Labute approximate surface area is 54.8 Å². The molecule has 2 aliphatic rings. The van der Waals surface area contributed by atoms with E-state index in [2.05, 4.69) is 12.2 Å². The van der Waals surface area contributed by atoms with Crippen LogP contribution >= 0.6 is 0 Å². The average molecular weight is 122 g/mol. The van der Waals surface area contributed by atoms with Gasteiger partial charge in [-0.05, 0) is 24.2 Å². The second-order valence-electron chi connectivity index (χ2n) is 3.01. The third-order valence-corrected chi connectivity index (χ3v) is 2.41. The zero-order valence-electron chi connectivity index (χ0n) is 5.29. The highest BCUT2D eigenvalue weighted by Gasteiger charge is 2.43. The van der Waals surface area contributed by atoms with Gasteiger partial charge in [0.25, 0.3) is 0 Å².